The second-order valence-electron chi connectivity index (χ2n) is 3.68. The number of carbonyl (C=O) groups is 1. The Morgan fingerprint density at radius 3 is 2.89 bits per heavy atom. The number of carboxylic acids is 1. The van der Waals surface area contributed by atoms with Crippen LogP contribution >= 0.6 is 22.9 Å². The molecule has 0 spiro atoms. The van der Waals surface area contributed by atoms with Crippen molar-refractivity contribution in [2.24, 2.45) is 0 Å². The molecule has 0 amide bonds. The zero-order valence-electron chi connectivity index (χ0n) is 9.43. The predicted octanol–water partition coefficient (Wildman–Crippen LogP) is 3.72. The third kappa shape index (κ3) is 3.24. The molecule has 94 valence electrons. The fourth-order valence-corrected chi connectivity index (χ4v) is 2.38. The molecular weight excluding hydrogens is 272 g/mol. The minimum atomic E-state index is -1.05. The first-order valence-electron chi connectivity index (χ1n) is 5.33. The summed E-state index contributed by atoms with van der Waals surface area (Å²) in [6.45, 7) is 0.511. The van der Waals surface area contributed by atoms with E-state index < -0.39 is 5.97 Å². The summed E-state index contributed by atoms with van der Waals surface area (Å²) in [7, 11) is 0. The van der Waals surface area contributed by atoms with E-state index >= 15 is 0 Å². The topological polar surface area (TPSA) is 46.5 Å². The van der Waals surface area contributed by atoms with Crippen molar-refractivity contribution in [2.45, 2.75) is 6.42 Å². The van der Waals surface area contributed by atoms with E-state index in [1.807, 2.05) is 11.4 Å². The molecule has 0 atom stereocenters. The highest BCUT2D eigenvalue weighted by molar-refractivity contribution is 7.07. The lowest BCUT2D eigenvalue weighted by atomic mass is 10.2. The number of benzene rings is 1. The van der Waals surface area contributed by atoms with E-state index in [-0.39, 0.29) is 10.6 Å². The van der Waals surface area contributed by atoms with Crippen LogP contribution in [0.4, 0.5) is 0 Å². The molecule has 1 aromatic heterocycles. The van der Waals surface area contributed by atoms with Crippen LogP contribution in [0, 0.1) is 0 Å². The van der Waals surface area contributed by atoms with Gasteiger partial charge in [-0.15, -0.1) is 0 Å². The highest BCUT2D eigenvalue weighted by Crippen LogP contribution is 2.22. The number of ether oxygens (including phenoxy) is 1. The van der Waals surface area contributed by atoms with E-state index in [9.17, 15) is 4.79 Å². The lowest BCUT2D eigenvalue weighted by molar-refractivity contribution is 0.0696. The molecule has 1 N–H and O–H groups in total. The normalized spacial score (nSPS) is 10.3. The summed E-state index contributed by atoms with van der Waals surface area (Å²) in [5.74, 6) is -0.532. The molecule has 0 saturated carbocycles. The summed E-state index contributed by atoms with van der Waals surface area (Å²) in [5.41, 5.74) is 1.28. The number of hydrogen-bond donors (Lipinski definition) is 1. The first kappa shape index (κ1) is 12.9. The van der Waals surface area contributed by atoms with Crippen LogP contribution in [0.1, 0.15) is 15.9 Å². The Morgan fingerprint density at radius 1 is 1.39 bits per heavy atom. The molecule has 0 aliphatic rings. The van der Waals surface area contributed by atoms with Gasteiger partial charge in [0.1, 0.15) is 5.75 Å². The van der Waals surface area contributed by atoms with Crippen LogP contribution in [0.15, 0.2) is 35.0 Å². The standard InChI is InChI=1S/C13H11ClO3S/c14-12-2-1-10(7-11(12)13(15)16)17-5-3-9-4-6-18-8-9/h1-2,4,6-8H,3,5H2,(H,15,16). The van der Waals surface area contributed by atoms with Crippen LogP contribution < -0.4 is 4.74 Å². The largest absolute Gasteiger partial charge is 0.493 e. The quantitative estimate of drug-likeness (QED) is 0.909. The van der Waals surface area contributed by atoms with Gasteiger partial charge >= 0.3 is 5.97 Å². The Balaban J connectivity index is 1.97. The van der Waals surface area contributed by atoms with Crippen LogP contribution in [-0.4, -0.2) is 17.7 Å². The van der Waals surface area contributed by atoms with Gasteiger partial charge in [-0.1, -0.05) is 11.6 Å². The molecule has 1 aromatic carbocycles. The fourth-order valence-electron chi connectivity index (χ4n) is 1.48. The number of aromatic carboxylic acids is 1. The first-order valence-corrected chi connectivity index (χ1v) is 6.65. The van der Waals surface area contributed by atoms with Crippen molar-refractivity contribution in [3.05, 3.63) is 51.2 Å². The summed E-state index contributed by atoms with van der Waals surface area (Å²) in [6, 6.07) is 6.68. The number of thiophene rings is 1. The van der Waals surface area contributed by atoms with Crippen LogP contribution in [0.3, 0.4) is 0 Å². The van der Waals surface area contributed by atoms with Crippen molar-refractivity contribution in [3.8, 4) is 5.75 Å². The molecular formula is C13H11ClO3S. The Labute approximate surface area is 114 Å². The van der Waals surface area contributed by atoms with Crippen LogP contribution in [-0.2, 0) is 6.42 Å². The number of rotatable bonds is 5. The smallest absolute Gasteiger partial charge is 0.337 e. The molecule has 0 radical (unpaired) electrons. The van der Waals surface area contributed by atoms with Gasteiger partial charge in [0.2, 0.25) is 0 Å². The molecule has 2 aromatic rings. The molecule has 0 fully saturated rings. The molecule has 0 aliphatic heterocycles. The maximum absolute atomic E-state index is 10.9. The molecule has 0 bridgehead atoms. The van der Waals surface area contributed by atoms with Crippen LogP contribution in [0.25, 0.3) is 0 Å². The van der Waals surface area contributed by atoms with Crippen molar-refractivity contribution in [2.75, 3.05) is 6.61 Å². The van der Waals surface area contributed by atoms with Gasteiger partial charge < -0.3 is 9.84 Å². The van der Waals surface area contributed by atoms with Gasteiger partial charge in [-0.2, -0.15) is 11.3 Å². The van der Waals surface area contributed by atoms with Crippen molar-refractivity contribution in [3.63, 3.8) is 0 Å². The average Bonchev–Trinajstić information content (AvgIpc) is 2.84. The highest BCUT2D eigenvalue weighted by Gasteiger charge is 2.09. The zero-order chi connectivity index (χ0) is 13.0. The van der Waals surface area contributed by atoms with E-state index in [2.05, 4.69) is 5.38 Å². The predicted molar refractivity (Wildman–Crippen MR) is 71.9 cm³/mol. The maximum Gasteiger partial charge on any atom is 0.337 e. The molecule has 2 rings (SSSR count). The van der Waals surface area contributed by atoms with Crippen molar-refractivity contribution in [1.82, 2.24) is 0 Å². The van der Waals surface area contributed by atoms with Gasteiger partial charge in [0, 0.05) is 6.42 Å². The van der Waals surface area contributed by atoms with Gasteiger partial charge in [0.25, 0.3) is 0 Å². The van der Waals surface area contributed by atoms with E-state index in [1.54, 1.807) is 17.4 Å². The molecule has 0 aliphatic carbocycles. The molecule has 5 heteroatoms. The van der Waals surface area contributed by atoms with Gasteiger partial charge in [-0.3, -0.25) is 0 Å². The van der Waals surface area contributed by atoms with E-state index in [0.717, 1.165) is 6.42 Å². The van der Waals surface area contributed by atoms with Crippen LogP contribution in [0.2, 0.25) is 5.02 Å². The van der Waals surface area contributed by atoms with Gasteiger partial charge in [-0.25, -0.2) is 4.79 Å². The summed E-state index contributed by atoms with van der Waals surface area (Å²) in [4.78, 5) is 10.9. The third-order valence-corrected chi connectivity index (χ3v) is 3.47. The number of carboxylic acid groups (broad SMARTS) is 1. The molecule has 0 unspecified atom stereocenters. The number of hydrogen-bond acceptors (Lipinski definition) is 3. The summed E-state index contributed by atoms with van der Waals surface area (Å²) in [6.07, 6.45) is 0.800. The van der Waals surface area contributed by atoms with Crippen molar-refractivity contribution in [1.29, 1.82) is 0 Å². The van der Waals surface area contributed by atoms with E-state index in [0.29, 0.717) is 12.4 Å². The lowest BCUT2D eigenvalue weighted by Crippen LogP contribution is -2.03. The summed E-state index contributed by atoms with van der Waals surface area (Å²) in [5, 5.41) is 13.2. The SMILES string of the molecule is O=C(O)c1cc(OCCc2ccsc2)ccc1Cl. The lowest BCUT2D eigenvalue weighted by Gasteiger charge is -2.07. The second kappa shape index (κ2) is 5.89. The highest BCUT2D eigenvalue weighted by atomic mass is 35.5. The molecule has 3 nitrogen and oxygen atoms in total. The molecule has 1 heterocycles. The van der Waals surface area contributed by atoms with E-state index in [1.165, 1.54) is 17.7 Å². The van der Waals surface area contributed by atoms with E-state index in [4.69, 9.17) is 21.4 Å². The number of halogens is 1. The second-order valence-corrected chi connectivity index (χ2v) is 4.86. The molecule has 0 saturated heterocycles. The van der Waals surface area contributed by atoms with Crippen molar-refractivity contribution < 1.29 is 14.6 Å². The zero-order valence-corrected chi connectivity index (χ0v) is 11.0. The monoisotopic (exact) mass is 282 g/mol. The Morgan fingerprint density at radius 2 is 2.22 bits per heavy atom. The maximum atomic E-state index is 10.9. The van der Waals surface area contributed by atoms with Crippen LogP contribution in [0.5, 0.6) is 5.75 Å². The minimum absolute atomic E-state index is 0.0599. The summed E-state index contributed by atoms with van der Waals surface area (Å²) < 4.78 is 5.51. The first-order chi connectivity index (χ1) is 8.66. The minimum Gasteiger partial charge on any atom is -0.493 e. The Bertz CT molecular complexity index is 537. The molecule has 18 heavy (non-hydrogen) atoms. The van der Waals surface area contributed by atoms with Crippen molar-refractivity contribution >= 4 is 28.9 Å². The average molecular weight is 283 g/mol. The van der Waals surface area contributed by atoms with Gasteiger partial charge in [0.15, 0.2) is 0 Å². The third-order valence-electron chi connectivity index (χ3n) is 2.41. The Hall–Kier alpha value is -1.52. The van der Waals surface area contributed by atoms with Gasteiger partial charge in [0.05, 0.1) is 17.2 Å². The Kier molecular flexibility index (Phi) is 4.23. The van der Waals surface area contributed by atoms with Gasteiger partial charge in [-0.05, 0) is 40.6 Å². The summed E-state index contributed by atoms with van der Waals surface area (Å²) >= 11 is 7.41. The fraction of sp³-hybridized carbons (Fsp3) is 0.154.